The van der Waals surface area contributed by atoms with Crippen molar-refractivity contribution < 1.29 is 14.7 Å². The molecular weight excluding hydrogens is 115 g/mol. The molecule has 0 fully saturated rings. The van der Waals surface area contributed by atoms with Gasteiger partial charge in [-0.05, 0) is 0 Å². The highest BCUT2D eigenvalue weighted by Crippen LogP contribution is 1.77. The summed E-state index contributed by atoms with van der Waals surface area (Å²) >= 11 is 3.75. The van der Waals surface area contributed by atoms with Crippen LogP contribution in [0.5, 0.6) is 0 Å². The van der Waals surface area contributed by atoms with Crippen molar-refractivity contribution in [1.29, 1.82) is 0 Å². The second-order valence-electron chi connectivity index (χ2n) is 0.921. The first-order valence-electron chi connectivity index (χ1n) is 1.86. The molecular formula is C2H7BO3S. The third kappa shape index (κ3) is 6.29. The number of hydrogen-bond donors (Lipinski definition) is 3. The van der Waals surface area contributed by atoms with Crippen molar-refractivity contribution in [2.75, 3.05) is 12.4 Å². The molecule has 2 N–H and O–H groups in total. The molecule has 0 radical (unpaired) electrons. The third-order valence-electron chi connectivity index (χ3n) is 0.358. The Bertz CT molecular complexity index is 41.9. The summed E-state index contributed by atoms with van der Waals surface area (Å²) in [5.74, 6) is 0.498. The van der Waals surface area contributed by atoms with Crippen LogP contribution >= 0.6 is 12.6 Å². The molecule has 0 rings (SSSR count). The van der Waals surface area contributed by atoms with Gasteiger partial charge < -0.3 is 14.7 Å². The second-order valence-corrected chi connectivity index (χ2v) is 1.37. The van der Waals surface area contributed by atoms with Crippen LogP contribution in [0.4, 0.5) is 0 Å². The predicted molar refractivity (Wildman–Crippen MR) is 30.0 cm³/mol. The molecule has 0 unspecified atom stereocenters. The molecule has 7 heavy (non-hydrogen) atoms. The molecule has 0 spiro atoms. The van der Waals surface area contributed by atoms with Crippen molar-refractivity contribution in [2.24, 2.45) is 0 Å². The van der Waals surface area contributed by atoms with E-state index >= 15 is 0 Å². The normalized spacial score (nSPS) is 9.00. The maximum absolute atomic E-state index is 7.98. The SMILES string of the molecule is OB(O)OCCS. The topological polar surface area (TPSA) is 49.7 Å². The van der Waals surface area contributed by atoms with E-state index in [1.54, 1.807) is 0 Å². The minimum Gasteiger partial charge on any atom is -0.402 e. The number of hydrogen-bond acceptors (Lipinski definition) is 4. The van der Waals surface area contributed by atoms with E-state index in [9.17, 15) is 0 Å². The maximum atomic E-state index is 7.98. The minimum atomic E-state index is -1.65. The van der Waals surface area contributed by atoms with Gasteiger partial charge in [-0.1, -0.05) is 0 Å². The summed E-state index contributed by atoms with van der Waals surface area (Å²) in [6.07, 6.45) is 0. The molecule has 0 saturated carbocycles. The van der Waals surface area contributed by atoms with E-state index in [0.29, 0.717) is 5.75 Å². The van der Waals surface area contributed by atoms with Crippen LogP contribution in [-0.4, -0.2) is 29.7 Å². The lowest BCUT2D eigenvalue weighted by Crippen LogP contribution is -2.17. The van der Waals surface area contributed by atoms with Crippen LogP contribution in [0.25, 0.3) is 0 Å². The van der Waals surface area contributed by atoms with E-state index in [1.165, 1.54) is 0 Å². The van der Waals surface area contributed by atoms with E-state index in [-0.39, 0.29) is 6.61 Å². The van der Waals surface area contributed by atoms with Crippen LogP contribution in [0.15, 0.2) is 0 Å². The Labute approximate surface area is 47.9 Å². The van der Waals surface area contributed by atoms with Crippen LogP contribution in [-0.2, 0) is 4.65 Å². The minimum absolute atomic E-state index is 0.265. The highest BCUT2D eigenvalue weighted by molar-refractivity contribution is 7.80. The molecule has 0 amide bonds. The van der Waals surface area contributed by atoms with Gasteiger partial charge in [0.1, 0.15) is 0 Å². The monoisotopic (exact) mass is 122 g/mol. The van der Waals surface area contributed by atoms with Gasteiger partial charge in [-0.2, -0.15) is 12.6 Å². The van der Waals surface area contributed by atoms with Gasteiger partial charge in [-0.15, -0.1) is 0 Å². The molecule has 5 heteroatoms. The Balaban J connectivity index is 2.68. The largest absolute Gasteiger partial charge is 0.633 e. The van der Waals surface area contributed by atoms with E-state index < -0.39 is 7.32 Å². The lowest BCUT2D eigenvalue weighted by Gasteiger charge is -1.95. The maximum Gasteiger partial charge on any atom is 0.633 e. The molecule has 0 bridgehead atoms. The van der Waals surface area contributed by atoms with E-state index in [0.717, 1.165) is 0 Å². The van der Waals surface area contributed by atoms with Crippen LogP contribution in [0.3, 0.4) is 0 Å². The average Bonchev–Trinajstić information content (AvgIpc) is 1.61. The summed E-state index contributed by atoms with van der Waals surface area (Å²) in [6.45, 7) is 0.265. The van der Waals surface area contributed by atoms with Gasteiger partial charge in [0.15, 0.2) is 0 Å². The van der Waals surface area contributed by atoms with Crippen molar-refractivity contribution >= 4 is 20.0 Å². The predicted octanol–water partition coefficient (Wildman–Crippen LogP) is -1.10. The Kier molecular flexibility index (Phi) is 4.64. The Morgan fingerprint density at radius 1 is 1.57 bits per heavy atom. The van der Waals surface area contributed by atoms with Gasteiger partial charge in [-0.25, -0.2) is 0 Å². The van der Waals surface area contributed by atoms with Crippen LogP contribution < -0.4 is 0 Å². The second kappa shape index (κ2) is 4.45. The van der Waals surface area contributed by atoms with Gasteiger partial charge >= 0.3 is 7.32 Å². The Hall–Kier alpha value is 0.295. The molecule has 42 valence electrons. The first-order valence-corrected chi connectivity index (χ1v) is 2.49. The lowest BCUT2D eigenvalue weighted by atomic mass is 10.3. The number of thiol groups is 1. The summed E-state index contributed by atoms with van der Waals surface area (Å²) in [5.41, 5.74) is 0. The van der Waals surface area contributed by atoms with Gasteiger partial charge in [0.25, 0.3) is 0 Å². The molecule has 0 aliphatic rings. The summed E-state index contributed by atoms with van der Waals surface area (Å²) in [5, 5.41) is 16.0. The molecule has 0 aromatic rings. The number of rotatable bonds is 3. The van der Waals surface area contributed by atoms with E-state index in [4.69, 9.17) is 10.0 Å². The average molecular weight is 122 g/mol. The molecule has 0 aromatic carbocycles. The Morgan fingerprint density at radius 3 is 2.29 bits per heavy atom. The van der Waals surface area contributed by atoms with Crippen molar-refractivity contribution in [2.45, 2.75) is 0 Å². The first kappa shape index (κ1) is 7.29. The standard InChI is InChI=1S/C2H7BO3S/c4-3(5)6-1-2-7/h4-5,7H,1-2H2. The molecule has 0 aliphatic heterocycles. The fraction of sp³-hybridized carbons (Fsp3) is 1.00. The van der Waals surface area contributed by atoms with Crippen molar-refractivity contribution in [1.82, 2.24) is 0 Å². The Morgan fingerprint density at radius 2 is 2.14 bits per heavy atom. The molecule has 0 heterocycles. The summed E-state index contributed by atoms with van der Waals surface area (Å²) in [4.78, 5) is 0. The zero-order valence-electron chi connectivity index (χ0n) is 3.74. The smallest absolute Gasteiger partial charge is 0.402 e. The lowest BCUT2D eigenvalue weighted by molar-refractivity contribution is 0.198. The first-order chi connectivity index (χ1) is 3.27. The fourth-order valence-electron chi connectivity index (χ4n) is 0.158. The van der Waals surface area contributed by atoms with E-state index in [1.807, 2.05) is 0 Å². The summed E-state index contributed by atoms with van der Waals surface area (Å²) < 4.78 is 4.23. The summed E-state index contributed by atoms with van der Waals surface area (Å²) in [7, 11) is -1.65. The van der Waals surface area contributed by atoms with Crippen molar-refractivity contribution in [3.05, 3.63) is 0 Å². The van der Waals surface area contributed by atoms with Gasteiger partial charge in [-0.3, -0.25) is 0 Å². The summed E-state index contributed by atoms with van der Waals surface area (Å²) in [6, 6.07) is 0. The van der Waals surface area contributed by atoms with Gasteiger partial charge in [0, 0.05) is 12.4 Å². The van der Waals surface area contributed by atoms with Crippen LogP contribution in [0.2, 0.25) is 0 Å². The van der Waals surface area contributed by atoms with Gasteiger partial charge in [0.05, 0.1) is 0 Å². The fourth-order valence-corrected chi connectivity index (χ4v) is 0.264. The quantitative estimate of drug-likeness (QED) is 0.329. The van der Waals surface area contributed by atoms with Crippen molar-refractivity contribution in [3.63, 3.8) is 0 Å². The van der Waals surface area contributed by atoms with Crippen LogP contribution in [0, 0.1) is 0 Å². The molecule has 3 nitrogen and oxygen atoms in total. The van der Waals surface area contributed by atoms with Crippen molar-refractivity contribution in [3.8, 4) is 0 Å². The molecule has 0 aromatic heterocycles. The molecule has 0 saturated heterocycles. The molecule has 0 aliphatic carbocycles. The van der Waals surface area contributed by atoms with E-state index in [2.05, 4.69) is 17.3 Å². The highest BCUT2D eigenvalue weighted by Gasteiger charge is 2.04. The third-order valence-corrected chi connectivity index (χ3v) is 0.541. The highest BCUT2D eigenvalue weighted by atomic mass is 32.1. The zero-order chi connectivity index (χ0) is 5.70. The zero-order valence-corrected chi connectivity index (χ0v) is 4.64. The van der Waals surface area contributed by atoms with Gasteiger partial charge in [0.2, 0.25) is 0 Å². The molecule has 0 atom stereocenters. The van der Waals surface area contributed by atoms with Crippen LogP contribution in [0.1, 0.15) is 0 Å².